The molecule has 25 heavy (non-hydrogen) atoms. The number of benzene rings is 1. The van der Waals surface area contributed by atoms with Crippen LogP contribution in [0.4, 0.5) is 8.78 Å². The molecule has 1 amide bonds. The molecule has 0 saturated heterocycles. The van der Waals surface area contributed by atoms with E-state index in [0.717, 1.165) is 18.4 Å². The van der Waals surface area contributed by atoms with Gasteiger partial charge in [-0.2, -0.15) is 8.78 Å². The molecule has 3 nitrogen and oxygen atoms in total. The molecule has 6 heteroatoms. The zero-order valence-electron chi connectivity index (χ0n) is 14.0. The van der Waals surface area contributed by atoms with Gasteiger partial charge in [0, 0.05) is 6.20 Å². The summed E-state index contributed by atoms with van der Waals surface area (Å²) >= 11 is 0.290. The zero-order valence-corrected chi connectivity index (χ0v) is 14.8. The Kier molecular flexibility index (Phi) is 5.68. The summed E-state index contributed by atoms with van der Waals surface area (Å²) in [6.45, 7) is 1.90. The third-order valence-corrected chi connectivity index (χ3v) is 5.16. The van der Waals surface area contributed by atoms with E-state index >= 15 is 0 Å². The van der Waals surface area contributed by atoms with Crippen molar-refractivity contribution in [3.05, 3.63) is 58.8 Å². The van der Waals surface area contributed by atoms with Gasteiger partial charge in [0.25, 0.3) is 11.7 Å². The zero-order chi connectivity index (χ0) is 17.8. The van der Waals surface area contributed by atoms with Crippen LogP contribution in [0, 0.1) is 0 Å². The molecule has 1 heterocycles. The van der Waals surface area contributed by atoms with Crippen molar-refractivity contribution in [2.45, 2.75) is 49.4 Å². The normalized spacial score (nSPS) is 14.9. The van der Waals surface area contributed by atoms with Crippen LogP contribution in [0.25, 0.3) is 0 Å². The number of thioether (sulfide) groups is 1. The molecule has 0 fully saturated rings. The summed E-state index contributed by atoms with van der Waals surface area (Å²) in [5.74, 6) is -3.00. The molecule has 2 aromatic rings. The lowest BCUT2D eigenvalue weighted by molar-refractivity contribution is 0.0936. The fraction of sp³-hybridized carbons (Fsp3) is 0.368. The molecule has 1 N–H and O–H groups in total. The minimum atomic E-state index is -2.61. The van der Waals surface area contributed by atoms with Crippen LogP contribution in [-0.4, -0.2) is 16.6 Å². The second-order valence-electron chi connectivity index (χ2n) is 6.17. The Labute approximate surface area is 150 Å². The first kappa shape index (κ1) is 17.9. The number of amides is 1. The molecule has 0 bridgehead atoms. The second-order valence-corrected chi connectivity index (χ2v) is 7.14. The van der Waals surface area contributed by atoms with Gasteiger partial charge >= 0.3 is 0 Å². The van der Waals surface area contributed by atoms with Crippen molar-refractivity contribution in [1.29, 1.82) is 0 Å². The van der Waals surface area contributed by atoms with Crippen LogP contribution in [0.1, 0.15) is 52.9 Å². The molecular weight excluding hydrogens is 342 g/mol. The minimum absolute atomic E-state index is 0.0487. The van der Waals surface area contributed by atoms with Gasteiger partial charge in [0.05, 0.1) is 11.6 Å². The van der Waals surface area contributed by atoms with E-state index in [1.54, 1.807) is 6.07 Å². The monoisotopic (exact) mass is 362 g/mol. The van der Waals surface area contributed by atoms with Crippen LogP contribution in [0.3, 0.4) is 0 Å². The smallest absolute Gasteiger partial charge is 0.290 e. The van der Waals surface area contributed by atoms with Crippen molar-refractivity contribution in [3.8, 4) is 0 Å². The van der Waals surface area contributed by atoms with Crippen molar-refractivity contribution >= 4 is 17.7 Å². The SMILES string of the molecule is CC(NC(=O)c1cccnc1SC(F)F)c1ccc2c(c1)CCCC2. The molecule has 1 aromatic heterocycles. The highest BCUT2D eigenvalue weighted by Crippen LogP contribution is 2.28. The molecule has 132 valence electrons. The number of carbonyl (C=O) groups is 1. The number of carbonyl (C=O) groups excluding carboxylic acids is 1. The molecule has 1 unspecified atom stereocenters. The molecule has 0 spiro atoms. The largest absolute Gasteiger partial charge is 0.345 e. The van der Waals surface area contributed by atoms with Crippen LogP contribution < -0.4 is 5.32 Å². The Morgan fingerprint density at radius 2 is 1.96 bits per heavy atom. The number of hydrogen-bond acceptors (Lipinski definition) is 3. The molecule has 0 radical (unpaired) electrons. The van der Waals surface area contributed by atoms with E-state index in [1.165, 1.54) is 36.2 Å². The van der Waals surface area contributed by atoms with E-state index < -0.39 is 5.76 Å². The van der Waals surface area contributed by atoms with Crippen LogP contribution in [0.2, 0.25) is 0 Å². The minimum Gasteiger partial charge on any atom is -0.345 e. The van der Waals surface area contributed by atoms with Crippen LogP contribution >= 0.6 is 11.8 Å². The average Bonchev–Trinajstić information content (AvgIpc) is 2.61. The van der Waals surface area contributed by atoms with Gasteiger partial charge in [-0.1, -0.05) is 18.2 Å². The summed E-state index contributed by atoms with van der Waals surface area (Å²) in [4.78, 5) is 16.4. The van der Waals surface area contributed by atoms with Gasteiger partial charge in [-0.15, -0.1) is 0 Å². The molecule has 1 aliphatic rings. The number of aryl methyl sites for hydroxylation is 2. The number of hydrogen-bond donors (Lipinski definition) is 1. The summed E-state index contributed by atoms with van der Waals surface area (Å²) in [5.41, 5.74) is 3.94. The summed E-state index contributed by atoms with van der Waals surface area (Å²) < 4.78 is 25.3. The molecule has 1 aromatic carbocycles. The number of pyridine rings is 1. The first-order valence-corrected chi connectivity index (χ1v) is 9.25. The summed E-state index contributed by atoms with van der Waals surface area (Å²) in [6, 6.07) is 9.21. The predicted molar refractivity (Wildman–Crippen MR) is 95.1 cm³/mol. The Bertz CT molecular complexity index is 767. The van der Waals surface area contributed by atoms with Gasteiger partial charge < -0.3 is 5.32 Å². The first-order valence-electron chi connectivity index (χ1n) is 8.37. The lowest BCUT2D eigenvalue weighted by Gasteiger charge is -2.20. The van der Waals surface area contributed by atoms with E-state index in [1.807, 2.05) is 13.0 Å². The standard InChI is InChI=1S/C19H20F2N2OS/c1-12(14-9-8-13-5-2-3-6-15(13)11-14)23-17(24)16-7-4-10-22-18(16)25-19(20)21/h4,7-12,19H,2-3,5-6H2,1H3,(H,23,24). The number of rotatable bonds is 5. The maximum Gasteiger partial charge on any atom is 0.290 e. The van der Waals surface area contributed by atoms with Gasteiger partial charge in [-0.3, -0.25) is 4.79 Å². The van der Waals surface area contributed by atoms with Gasteiger partial charge in [0.2, 0.25) is 0 Å². The highest BCUT2D eigenvalue weighted by Gasteiger charge is 2.19. The summed E-state index contributed by atoms with van der Waals surface area (Å²) in [7, 11) is 0. The molecule has 1 aliphatic carbocycles. The van der Waals surface area contributed by atoms with Gasteiger partial charge in [0.1, 0.15) is 5.03 Å². The number of halogens is 2. The van der Waals surface area contributed by atoms with Crippen LogP contribution in [0.15, 0.2) is 41.6 Å². The maximum atomic E-state index is 12.6. The lowest BCUT2D eigenvalue weighted by atomic mass is 9.89. The number of fused-ring (bicyclic) bond motifs is 1. The van der Waals surface area contributed by atoms with Crippen molar-refractivity contribution in [3.63, 3.8) is 0 Å². The topological polar surface area (TPSA) is 42.0 Å². The van der Waals surface area contributed by atoms with E-state index in [4.69, 9.17) is 0 Å². The fourth-order valence-electron chi connectivity index (χ4n) is 3.12. The Balaban J connectivity index is 1.75. The van der Waals surface area contributed by atoms with E-state index in [-0.39, 0.29) is 34.3 Å². The summed E-state index contributed by atoms with van der Waals surface area (Å²) in [5, 5.41) is 2.94. The van der Waals surface area contributed by atoms with Crippen LogP contribution in [0.5, 0.6) is 0 Å². The Morgan fingerprint density at radius 1 is 1.20 bits per heavy atom. The highest BCUT2D eigenvalue weighted by molar-refractivity contribution is 7.99. The Hall–Kier alpha value is -1.95. The van der Waals surface area contributed by atoms with Gasteiger partial charge in [-0.25, -0.2) is 4.98 Å². The molecular formula is C19H20F2N2OS. The number of nitrogens with one attached hydrogen (secondary N) is 1. The average molecular weight is 362 g/mol. The van der Waals surface area contributed by atoms with Crippen LogP contribution in [-0.2, 0) is 12.8 Å². The second kappa shape index (κ2) is 7.95. The van der Waals surface area contributed by atoms with Crippen molar-refractivity contribution in [2.75, 3.05) is 0 Å². The number of aromatic nitrogens is 1. The fourth-order valence-corrected chi connectivity index (χ4v) is 3.70. The molecule has 1 atom stereocenters. The first-order chi connectivity index (χ1) is 12.0. The maximum absolute atomic E-state index is 12.6. The molecule has 3 rings (SSSR count). The third-order valence-electron chi connectivity index (χ3n) is 4.44. The van der Waals surface area contributed by atoms with E-state index in [0.29, 0.717) is 0 Å². The van der Waals surface area contributed by atoms with E-state index in [2.05, 4.69) is 22.4 Å². The van der Waals surface area contributed by atoms with Gasteiger partial charge in [-0.05, 0) is 73.2 Å². The Morgan fingerprint density at radius 3 is 2.72 bits per heavy atom. The van der Waals surface area contributed by atoms with Gasteiger partial charge in [0.15, 0.2) is 0 Å². The van der Waals surface area contributed by atoms with E-state index in [9.17, 15) is 13.6 Å². The van der Waals surface area contributed by atoms with Crippen molar-refractivity contribution < 1.29 is 13.6 Å². The number of nitrogens with zero attached hydrogens (tertiary/aromatic N) is 1. The molecule has 0 aliphatic heterocycles. The highest BCUT2D eigenvalue weighted by atomic mass is 32.2. The third kappa shape index (κ3) is 4.37. The predicted octanol–water partition coefficient (Wildman–Crippen LogP) is 4.77. The number of alkyl halides is 2. The van der Waals surface area contributed by atoms with Crippen molar-refractivity contribution in [1.82, 2.24) is 10.3 Å². The summed E-state index contributed by atoms with van der Waals surface area (Å²) in [6.07, 6.45) is 6.02. The molecule has 0 saturated carbocycles. The lowest BCUT2D eigenvalue weighted by Crippen LogP contribution is -2.27. The van der Waals surface area contributed by atoms with Crippen molar-refractivity contribution in [2.24, 2.45) is 0 Å². The quantitative estimate of drug-likeness (QED) is 0.780.